The summed E-state index contributed by atoms with van der Waals surface area (Å²) in [4.78, 5) is 12.8. The number of aliphatic hydroxyl groups excluding tert-OH is 3. The molecule has 0 heterocycles. The predicted octanol–water partition coefficient (Wildman–Crippen LogP) is 12.0. The lowest BCUT2D eigenvalue weighted by Crippen LogP contribution is -2.28. The Kier molecular flexibility index (Phi) is 56.0. The molecule has 0 radical (unpaired) electrons. The van der Waals surface area contributed by atoms with Crippen molar-refractivity contribution in [1.29, 1.82) is 0 Å². The second kappa shape index (κ2) is 52.4. The highest BCUT2D eigenvalue weighted by atomic mass is 16.6. The Morgan fingerprint density at radius 1 is 0.462 bits per heavy atom. The summed E-state index contributed by atoms with van der Waals surface area (Å²) in [6.45, 7) is 5.80. The fourth-order valence-corrected chi connectivity index (χ4v) is 6.22. The molecule has 0 saturated carbocycles. The fourth-order valence-electron chi connectivity index (χ4n) is 6.22. The molecule has 0 amide bonds. The van der Waals surface area contributed by atoms with Gasteiger partial charge in [0, 0.05) is 26.9 Å². The number of aliphatic hydroxyl groups is 3. The van der Waals surface area contributed by atoms with Gasteiger partial charge in [0.2, 0.25) is 0 Å². The molecule has 0 aromatic rings. The lowest BCUT2D eigenvalue weighted by Gasteiger charge is -2.15. The van der Waals surface area contributed by atoms with Crippen LogP contribution in [0, 0.1) is 0 Å². The van der Waals surface area contributed by atoms with Gasteiger partial charge in [-0.05, 0) is 33.4 Å². The molecule has 7 heteroatoms. The summed E-state index contributed by atoms with van der Waals surface area (Å²) in [5.74, 6) is -0.282. The maximum Gasteiger partial charge on any atom is 0.320 e. The van der Waals surface area contributed by atoms with Gasteiger partial charge in [-0.15, -0.1) is 0 Å². The number of rotatable bonds is 39. The van der Waals surface area contributed by atoms with Crippen molar-refractivity contribution in [3.05, 3.63) is 0 Å². The van der Waals surface area contributed by atoms with Crippen molar-refractivity contribution in [2.24, 2.45) is 0 Å². The molecule has 0 aliphatic rings. The van der Waals surface area contributed by atoms with Crippen molar-refractivity contribution in [2.45, 2.75) is 232 Å². The third-order valence-electron chi connectivity index (χ3n) is 9.68. The predicted molar refractivity (Wildman–Crippen MR) is 225 cm³/mol. The van der Waals surface area contributed by atoms with Crippen LogP contribution in [0.3, 0.4) is 0 Å². The van der Waals surface area contributed by atoms with Crippen LogP contribution in [0.15, 0.2) is 0 Å². The van der Waals surface area contributed by atoms with Gasteiger partial charge in [0.1, 0.15) is 6.61 Å². The molecule has 0 bridgehead atoms. The first kappa shape index (κ1) is 55.6. The van der Waals surface area contributed by atoms with E-state index in [2.05, 4.69) is 13.8 Å². The molecule has 52 heavy (non-hydrogen) atoms. The summed E-state index contributed by atoms with van der Waals surface area (Å²) < 4.78 is 9.94. The average Bonchev–Trinajstić information content (AvgIpc) is 3.13. The first-order valence-electron chi connectivity index (χ1n) is 22.6. The highest BCUT2D eigenvalue weighted by Crippen LogP contribution is 2.15. The lowest BCUT2D eigenvalue weighted by atomic mass is 10.0. The standard InChI is InChI=1S/2C18H38O.C9H19NO4/c2*1-2-3-4-5-6-7-8-9-10-11-12-13-14-15-16-17-18-19;1-10(2)6-9(12)14-7-8(13-3)4-5-11/h2*19H,2-18H2,1H3;8,11H,4-7H2,1-3H3. The van der Waals surface area contributed by atoms with Gasteiger partial charge in [0.25, 0.3) is 0 Å². The quantitative estimate of drug-likeness (QED) is 0.0425. The van der Waals surface area contributed by atoms with Crippen LogP contribution in [0.1, 0.15) is 226 Å². The normalized spacial score (nSPS) is 11.6. The molecule has 1 unspecified atom stereocenters. The Hall–Kier alpha value is -0.730. The third kappa shape index (κ3) is 56.0. The Balaban J connectivity index is -0.000000702. The Bertz CT molecular complexity index is 555. The van der Waals surface area contributed by atoms with E-state index in [1.807, 2.05) is 0 Å². The summed E-state index contributed by atoms with van der Waals surface area (Å²) in [6, 6.07) is 0. The summed E-state index contributed by atoms with van der Waals surface area (Å²) in [5.41, 5.74) is 0. The van der Waals surface area contributed by atoms with E-state index in [9.17, 15) is 4.79 Å². The van der Waals surface area contributed by atoms with Gasteiger partial charge < -0.3 is 24.8 Å². The average molecular weight is 746 g/mol. The summed E-state index contributed by atoms with van der Waals surface area (Å²) in [5, 5.41) is 26.0. The molecule has 0 rings (SSSR count). The fraction of sp³-hybridized carbons (Fsp3) is 0.978. The van der Waals surface area contributed by atoms with Gasteiger partial charge >= 0.3 is 5.97 Å². The molecule has 0 spiro atoms. The van der Waals surface area contributed by atoms with Crippen molar-refractivity contribution >= 4 is 5.97 Å². The van der Waals surface area contributed by atoms with E-state index >= 15 is 0 Å². The zero-order valence-corrected chi connectivity index (χ0v) is 36.0. The topological polar surface area (TPSA) is 99.5 Å². The SMILES string of the molecule is CCCCCCCCCCCCCCCCCCO.CCCCCCCCCCCCCCCCCCO.COC(CCO)COC(=O)CN(C)C. The highest BCUT2D eigenvalue weighted by Gasteiger charge is 2.11. The number of nitrogens with zero attached hydrogens (tertiary/aromatic N) is 1. The zero-order valence-electron chi connectivity index (χ0n) is 36.0. The molecule has 0 fully saturated rings. The van der Waals surface area contributed by atoms with Crippen molar-refractivity contribution in [3.63, 3.8) is 0 Å². The molecular weight excluding hydrogens is 650 g/mol. The molecule has 3 N–H and O–H groups in total. The van der Waals surface area contributed by atoms with E-state index < -0.39 is 0 Å². The highest BCUT2D eigenvalue weighted by molar-refractivity contribution is 5.71. The number of ether oxygens (including phenoxy) is 2. The van der Waals surface area contributed by atoms with Crippen LogP contribution in [0.2, 0.25) is 0 Å². The minimum Gasteiger partial charge on any atom is -0.462 e. The number of hydrogen-bond donors (Lipinski definition) is 3. The molecular formula is C45H95NO6. The Morgan fingerprint density at radius 2 is 0.731 bits per heavy atom. The van der Waals surface area contributed by atoms with E-state index in [1.54, 1.807) is 19.0 Å². The van der Waals surface area contributed by atoms with Crippen LogP contribution in [-0.2, 0) is 14.3 Å². The molecule has 0 aliphatic heterocycles. The van der Waals surface area contributed by atoms with Crippen LogP contribution in [0.4, 0.5) is 0 Å². The second-order valence-corrected chi connectivity index (χ2v) is 15.3. The Labute approximate surface area is 325 Å². The maximum absolute atomic E-state index is 11.1. The van der Waals surface area contributed by atoms with Gasteiger partial charge in [0.15, 0.2) is 0 Å². The van der Waals surface area contributed by atoms with Crippen molar-refractivity contribution in [1.82, 2.24) is 4.90 Å². The van der Waals surface area contributed by atoms with Gasteiger partial charge in [-0.25, -0.2) is 0 Å². The first-order valence-corrected chi connectivity index (χ1v) is 22.6. The van der Waals surface area contributed by atoms with Crippen LogP contribution in [-0.4, -0.2) is 86.5 Å². The summed E-state index contributed by atoms with van der Waals surface area (Å²) >= 11 is 0. The van der Waals surface area contributed by atoms with Crippen molar-refractivity contribution in [3.8, 4) is 0 Å². The monoisotopic (exact) mass is 746 g/mol. The van der Waals surface area contributed by atoms with Gasteiger partial charge in [0.05, 0.1) is 12.6 Å². The van der Waals surface area contributed by atoms with Crippen LogP contribution < -0.4 is 0 Å². The maximum atomic E-state index is 11.1. The van der Waals surface area contributed by atoms with Crippen molar-refractivity contribution < 1.29 is 29.6 Å². The minimum absolute atomic E-state index is 0.0315. The lowest BCUT2D eigenvalue weighted by molar-refractivity contribution is -0.148. The molecule has 316 valence electrons. The van der Waals surface area contributed by atoms with E-state index in [0.29, 0.717) is 19.6 Å². The molecule has 0 aliphatic carbocycles. The van der Waals surface area contributed by atoms with Crippen LogP contribution in [0.5, 0.6) is 0 Å². The molecule has 7 nitrogen and oxygen atoms in total. The number of unbranched alkanes of at least 4 members (excludes halogenated alkanes) is 30. The molecule has 1 atom stereocenters. The van der Waals surface area contributed by atoms with Crippen LogP contribution in [0.25, 0.3) is 0 Å². The van der Waals surface area contributed by atoms with E-state index in [1.165, 1.54) is 200 Å². The smallest absolute Gasteiger partial charge is 0.320 e. The van der Waals surface area contributed by atoms with E-state index in [4.69, 9.17) is 24.8 Å². The first-order chi connectivity index (χ1) is 25.4. The number of hydrogen-bond acceptors (Lipinski definition) is 7. The van der Waals surface area contributed by atoms with Gasteiger partial charge in [-0.1, -0.05) is 206 Å². The molecule has 0 aromatic heterocycles. The van der Waals surface area contributed by atoms with Crippen LogP contribution >= 0.6 is 0 Å². The second-order valence-electron chi connectivity index (χ2n) is 15.3. The van der Waals surface area contributed by atoms with E-state index in [-0.39, 0.29) is 31.8 Å². The largest absolute Gasteiger partial charge is 0.462 e. The van der Waals surface area contributed by atoms with E-state index in [0.717, 1.165) is 12.8 Å². The minimum atomic E-state index is -0.282. The van der Waals surface area contributed by atoms with Crippen molar-refractivity contribution in [2.75, 3.05) is 54.2 Å². The zero-order chi connectivity index (χ0) is 39.0. The number of likely N-dealkylation sites (N-methyl/N-ethyl adjacent to an activating group) is 1. The number of carbonyl (C=O) groups is 1. The number of methoxy groups -OCH3 is 1. The third-order valence-corrected chi connectivity index (χ3v) is 9.68. The molecule has 0 saturated heterocycles. The van der Waals surface area contributed by atoms with Gasteiger partial charge in [-0.2, -0.15) is 0 Å². The summed E-state index contributed by atoms with van der Waals surface area (Å²) in [6.07, 6.45) is 44.6. The van der Waals surface area contributed by atoms with Gasteiger partial charge in [-0.3, -0.25) is 9.69 Å². The molecule has 0 aromatic carbocycles. The Morgan fingerprint density at radius 3 is 0.942 bits per heavy atom. The number of esters is 1. The summed E-state index contributed by atoms with van der Waals surface area (Å²) in [7, 11) is 5.12. The number of carbonyl (C=O) groups excluding carboxylic acids is 1.